The molecule has 2 aromatic carbocycles. The monoisotopic (exact) mass is 811 g/mol. The summed E-state index contributed by atoms with van der Waals surface area (Å²) in [6.07, 6.45) is 4.58. The van der Waals surface area contributed by atoms with Gasteiger partial charge in [-0.15, -0.1) is 21.5 Å². The third-order valence-corrected chi connectivity index (χ3v) is 13.2. The van der Waals surface area contributed by atoms with E-state index in [4.69, 9.17) is 26.3 Å². The zero-order valence-corrected chi connectivity index (χ0v) is 34.2. The van der Waals surface area contributed by atoms with Gasteiger partial charge < -0.3 is 9.64 Å². The lowest BCUT2D eigenvalue weighted by molar-refractivity contribution is -0.133. The largest absolute Gasteiger partial charge is 0.493 e. The van der Waals surface area contributed by atoms with Crippen LogP contribution in [0.25, 0.3) is 5.00 Å². The number of hydrogen-bond acceptors (Lipinski definition) is 10. The van der Waals surface area contributed by atoms with Gasteiger partial charge in [0.05, 0.1) is 36.2 Å². The van der Waals surface area contributed by atoms with Crippen LogP contribution in [0.4, 0.5) is 0 Å². The molecular formula is C45H42ClN7O4S. The highest BCUT2D eigenvalue weighted by Gasteiger charge is 2.40. The highest BCUT2D eigenvalue weighted by atomic mass is 35.5. The second-order valence-electron chi connectivity index (χ2n) is 15.6. The van der Waals surface area contributed by atoms with Crippen LogP contribution in [0.15, 0.2) is 65.8 Å². The second kappa shape index (κ2) is 15.7. The normalized spacial score (nSPS) is 19.6. The molecular weight excluding hydrogens is 770 g/mol. The minimum absolute atomic E-state index is 0.0466. The first-order valence-electron chi connectivity index (χ1n) is 19.8. The smallest absolute Gasteiger partial charge is 0.255 e. The molecule has 3 aliphatic heterocycles. The van der Waals surface area contributed by atoms with Gasteiger partial charge in [-0.1, -0.05) is 35.9 Å². The van der Waals surface area contributed by atoms with Gasteiger partial charge in [-0.2, -0.15) is 0 Å². The summed E-state index contributed by atoms with van der Waals surface area (Å²) in [4.78, 5) is 52.5. The van der Waals surface area contributed by atoms with Crippen LogP contribution in [0.3, 0.4) is 0 Å². The van der Waals surface area contributed by atoms with Crippen molar-refractivity contribution in [1.82, 2.24) is 29.5 Å². The predicted molar refractivity (Wildman–Crippen MR) is 222 cm³/mol. The summed E-state index contributed by atoms with van der Waals surface area (Å²) in [5, 5.41) is 10.6. The van der Waals surface area contributed by atoms with Crippen LogP contribution < -0.4 is 4.74 Å². The van der Waals surface area contributed by atoms with Crippen molar-refractivity contribution in [3.63, 3.8) is 0 Å². The first-order chi connectivity index (χ1) is 28.1. The number of thiophene rings is 1. The van der Waals surface area contributed by atoms with Crippen molar-refractivity contribution in [2.75, 3.05) is 19.7 Å². The van der Waals surface area contributed by atoms with E-state index < -0.39 is 6.04 Å². The SMILES string of the molecule is Cc1c(C#Cc2ccc(CN3CCC(COc4cccc5c4CN(C4CCC(=O)CC4=O)C5=O)CC3)cn2)sc2c1C(c1ccc(Cl)cc1)=N[C@@H](C)c1nnc(C)n1-2. The number of ether oxygens (including phenoxy) is 1. The number of aryl methyl sites for hydroxylation is 1. The van der Waals surface area contributed by atoms with Crippen molar-refractivity contribution < 1.29 is 19.1 Å². The van der Waals surface area contributed by atoms with Gasteiger partial charge in [0.25, 0.3) is 5.91 Å². The first-order valence-corrected chi connectivity index (χ1v) is 21.0. The molecule has 13 heteroatoms. The molecule has 2 atom stereocenters. The summed E-state index contributed by atoms with van der Waals surface area (Å²) in [7, 11) is 0. The van der Waals surface area contributed by atoms with Gasteiger partial charge in [0.1, 0.15) is 34.1 Å². The fraction of sp³-hybridized carbons (Fsp3) is 0.356. The Kier molecular flexibility index (Phi) is 10.3. The van der Waals surface area contributed by atoms with Gasteiger partial charge in [-0.05, 0) is 112 Å². The molecule has 0 radical (unpaired) electrons. The van der Waals surface area contributed by atoms with Crippen LogP contribution in [0.1, 0.15) is 105 Å². The minimum atomic E-state index is -0.537. The van der Waals surface area contributed by atoms with E-state index in [0.717, 1.165) is 87.5 Å². The van der Waals surface area contributed by atoms with Gasteiger partial charge in [0, 0.05) is 46.4 Å². The van der Waals surface area contributed by atoms with E-state index in [0.29, 0.717) is 53.9 Å². The Hall–Kier alpha value is -5.48. The standard InChI is InChI=1S/C45H42ClN7O4S/c1-26-40(58-45-41(26)42(31-8-10-32(46)11-9-31)48-27(2)43-50-49-28(3)53(43)45)16-13-33-12-7-30(22-47-33)23-51-19-17-29(18-20-51)25-57-39-6-4-5-35-36(39)24-52(44(35)56)37-15-14-34(54)21-38(37)55/h4-12,22,27,29,37H,14-15,17-21,23-25H2,1-3H3/t27-,37?/m0/s1. The Labute approximate surface area is 346 Å². The first kappa shape index (κ1) is 38.1. The van der Waals surface area contributed by atoms with E-state index in [2.05, 4.69) is 44.5 Å². The van der Waals surface area contributed by atoms with E-state index >= 15 is 0 Å². The number of nitrogens with zero attached hydrogens (tertiary/aromatic N) is 7. The molecule has 5 aromatic rings. The molecule has 3 aromatic heterocycles. The molecule has 1 saturated carbocycles. The van der Waals surface area contributed by atoms with Crippen molar-refractivity contribution in [3.05, 3.63) is 121 Å². The molecule has 4 aliphatic rings. The Balaban J connectivity index is 0.822. The van der Waals surface area contributed by atoms with E-state index in [1.165, 1.54) is 0 Å². The van der Waals surface area contributed by atoms with Crippen LogP contribution in [0.2, 0.25) is 5.02 Å². The maximum absolute atomic E-state index is 13.2. The highest BCUT2D eigenvalue weighted by Crippen LogP contribution is 2.39. The van der Waals surface area contributed by atoms with Gasteiger partial charge in [-0.25, -0.2) is 4.98 Å². The topological polar surface area (TPSA) is 123 Å². The zero-order valence-electron chi connectivity index (χ0n) is 32.6. The molecule has 1 saturated heterocycles. The summed E-state index contributed by atoms with van der Waals surface area (Å²) in [5.74, 6) is 9.08. The fourth-order valence-corrected chi connectivity index (χ4v) is 9.83. The predicted octanol–water partition coefficient (Wildman–Crippen LogP) is 7.24. The number of benzene rings is 2. The average Bonchev–Trinajstić information content (AvgIpc) is 3.85. The Morgan fingerprint density at radius 3 is 2.53 bits per heavy atom. The molecule has 6 heterocycles. The molecule has 58 heavy (non-hydrogen) atoms. The number of piperidine rings is 1. The van der Waals surface area contributed by atoms with Crippen molar-refractivity contribution in [3.8, 4) is 22.6 Å². The number of aliphatic imine (C=N–C) groups is 1. The molecule has 9 rings (SSSR count). The van der Waals surface area contributed by atoms with E-state index in [9.17, 15) is 14.4 Å². The quantitative estimate of drug-likeness (QED) is 0.125. The van der Waals surface area contributed by atoms with Crippen molar-refractivity contribution in [2.45, 2.75) is 78.0 Å². The number of amides is 1. The van der Waals surface area contributed by atoms with Crippen LogP contribution in [-0.2, 0) is 22.7 Å². The lowest BCUT2D eigenvalue weighted by Gasteiger charge is -2.32. The van der Waals surface area contributed by atoms with Crippen LogP contribution in [0, 0.1) is 31.6 Å². The highest BCUT2D eigenvalue weighted by molar-refractivity contribution is 7.15. The maximum atomic E-state index is 13.2. The molecule has 1 amide bonds. The van der Waals surface area contributed by atoms with Gasteiger partial charge in [0.15, 0.2) is 11.6 Å². The Bertz CT molecular complexity index is 2540. The summed E-state index contributed by atoms with van der Waals surface area (Å²) < 4.78 is 8.46. The molecule has 0 spiro atoms. The van der Waals surface area contributed by atoms with Gasteiger partial charge in [0.2, 0.25) is 0 Å². The molecule has 0 bridgehead atoms. The van der Waals surface area contributed by atoms with E-state index in [-0.39, 0.29) is 29.9 Å². The third kappa shape index (κ3) is 7.27. The van der Waals surface area contributed by atoms with Crippen LogP contribution in [-0.4, -0.2) is 78.5 Å². The average molecular weight is 812 g/mol. The number of halogens is 1. The number of pyridine rings is 1. The molecule has 0 N–H and O–H groups in total. The Morgan fingerprint density at radius 2 is 1.78 bits per heavy atom. The number of rotatable bonds is 7. The van der Waals surface area contributed by atoms with Crippen molar-refractivity contribution >= 4 is 46.1 Å². The van der Waals surface area contributed by atoms with Crippen LogP contribution >= 0.6 is 22.9 Å². The number of carbonyl (C=O) groups excluding carboxylic acids is 3. The number of ketones is 2. The third-order valence-electron chi connectivity index (χ3n) is 11.7. The Morgan fingerprint density at radius 1 is 0.966 bits per heavy atom. The zero-order chi connectivity index (χ0) is 40.1. The number of carbonyl (C=O) groups is 3. The summed E-state index contributed by atoms with van der Waals surface area (Å²) in [6.45, 7) is 9.74. The number of Topliss-reactive ketones (excluding diaryl/α,β-unsaturated/α-hetero) is 2. The lowest BCUT2D eigenvalue weighted by Crippen LogP contribution is -2.44. The second-order valence-corrected chi connectivity index (χ2v) is 17.1. The van der Waals surface area contributed by atoms with Crippen LogP contribution in [0.5, 0.6) is 5.75 Å². The molecule has 1 unspecified atom stereocenters. The van der Waals surface area contributed by atoms with Crippen molar-refractivity contribution in [2.24, 2.45) is 10.9 Å². The van der Waals surface area contributed by atoms with Crippen molar-refractivity contribution in [1.29, 1.82) is 0 Å². The maximum Gasteiger partial charge on any atom is 0.255 e. The van der Waals surface area contributed by atoms with E-state index in [1.54, 1.807) is 22.3 Å². The van der Waals surface area contributed by atoms with Gasteiger partial charge in [-0.3, -0.25) is 28.8 Å². The summed E-state index contributed by atoms with van der Waals surface area (Å²) in [6, 6.07) is 16.7. The summed E-state index contributed by atoms with van der Waals surface area (Å²) >= 11 is 7.87. The minimum Gasteiger partial charge on any atom is -0.493 e. The molecule has 2 fully saturated rings. The number of likely N-dealkylation sites (tertiary alicyclic amines) is 1. The molecule has 294 valence electrons. The summed E-state index contributed by atoms with van der Waals surface area (Å²) in [5.41, 5.74) is 7.25. The number of fused-ring (bicyclic) bond motifs is 4. The molecule has 1 aliphatic carbocycles. The number of hydrogen-bond donors (Lipinski definition) is 0. The fourth-order valence-electron chi connectivity index (χ4n) is 8.49. The lowest BCUT2D eigenvalue weighted by atomic mass is 9.92. The van der Waals surface area contributed by atoms with E-state index in [1.807, 2.05) is 62.5 Å². The molecule has 11 nitrogen and oxygen atoms in total. The number of aromatic nitrogens is 4. The van der Waals surface area contributed by atoms with Gasteiger partial charge >= 0.3 is 0 Å².